The van der Waals surface area contributed by atoms with Gasteiger partial charge >= 0.3 is 6.03 Å². The smallest absolute Gasteiger partial charge is 0.317 e. The second-order valence-electron chi connectivity index (χ2n) is 7.45. The van der Waals surface area contributed by atoms with Gasteiger partial charge in [-0.3, -0.25) is 9.69 Å². The van der Waals surface area contributed by atoms with Crippen LogP contribution in [0.5, 0.6) is 0 Å². The fourth-order valence-corrected chi connectivity index (χ4v) is 4.23. The SMILES string of the molecule is COCCN1CCN2CCCN(C(=O)NC3CCCCC3)CC2C1=O. The second-order valence-corrected chi connectivity index (χ2v) is 7.45. The molecular formula is C18H32N4O3. The van der Waals surface area contributed by atoms with Crippen molar-refractivity contribution in [2.24, 2.45) is 0 Å². The van der Waals surface area contributed by atoms with E-state index in [0.717, 1.165) is 45.4 Å². The van der Waals surface area contributed by atoms with Gasteiger partial charge in [-0.2, -0.15) is 0 Å². The van der Waals surface area contributed by atoms with Crippen LogP contribution in [0.15, 0.2) is 0 Å². The quantitative estimate of drug-likeness (QED) is 0.816. The number of carbonyl (C=O) groups excluding carboxylic acids is 2. The van der Waals surface area contributed by atoms with E-state index in [1.54, 1.807) is 7.11 Å². The number of ether oxygens (including phenoxy) is 1. The van der Waals surface area contributed by atoms with Crippen LogP contribution >= 0.6 is 0 Å². The summed E-state index contributed by atoms with van der Waals surface area (Å²) in [6.07, 6.45) is 6.78. The number of carbonyl (C=O) groups is 2. The van der Waals surface area contributed by atoms with E-state index in [1.807, 2.05) is 9.80 Å². The third-order valence-electron chi connectivity index (χ3n) is 5.75. The van der Waals surface area contributed by atoms with Crippen LogP contribution in [0, 0.1) is 0 Å². The van der Waals surface area contributed by atoms with Crippen molar-refractivity contribution in [3.8, 4) is 0 Å². The molecule has 3 aliphatic rings. The Bertz CT molecular complexity index is 467. The molecule has 3 rings (SSSR count). The molecule has 7 heteroatoms. The number of fused-ring (bicyclic) bond motifs is 1. The number of urea groups is 1. The minimum Gasteiger partial charge on any atom is -0.383 e. The molecule has 0 radical (unpaired) electrons. The highest BCUT2D eigenvalue weighted by molar-refractivity contribution is 5.84. The van der Waals surface area contributed by atoms with Gasteiger partial charge in [0.15, 0.2) is 0 Å². The lowest BCUT2D eigenvalue weighted by molar-refractivity contribution is -0.142. The van der Waals surface area contributed by atoms with E-state index in [4.69, 9.17) is 4.74 Å². The lowest BCUT2D eigenvalue weighted by Crippen LogP contribution is -2.60. The highest BCUT2D eigenvalue weighted by atomic mass is 16.5. The summed E-state index contributed by atoms with van der Waals surface area (Å²) in [7, 11) is 1.66. The van der Waals surface area contributed by atoms with Crippen molar-refractivity contribution in [3.05, 3.63) is 0 Å². The molecule has 0 aromatic carbocycles. The normalized spacial score (nSPS) is 26.3. The van der Waals surface area contributed by atoms with Gasteiger partial charge < -0.3 is 19.9 Å². The van der Waals surface area contributed by atoms with Gasteiger partial charge in [0.05, 0.1) is 6.61 Å². The van der Waals surface area contributed by atoms with Gasteiger partial charge in [-0.15, -0.1) is 0 Å². The number of rotatable bonds is 4. The number of hydrogen-bond donors (Lipinski definition) is 1. The molecule has 1 N–H and O–H groups in total. The number of nitrogens with zero attached hydrogens (tertiary/aromatic N) is 3. The summed E-state index contributed by atoms with van der Waals surface area (Å²) >= 11 is 0. The molecule has 25 heavy (non-hydrogen) atoms. The van der Waals surface area contributed by atoms with Gasteiger partial charge in [0, 0.05) is 52.4 Å². The van der Waals surface area contributed by atoms with Crippen molar-refractivity contribution in [2.75, 3.05) is 53.0 Å². The van der Waals surface area contributed by atoms with E-state index in [9.17, 15) is 9.59 Å². The van der Waals surface area contributed by atoms with Crippen molar-refractivity contribution in [2.45, 2.75) is 50.6 Å². The minimum absolute atomic E-state index is 0.00978. The topological polar surface area (TPSA) is 65.1 Å². The van der Waals surface area contributed by atoms with Gasteiger partial charge in [-0.1, -0.05) is 19.3 Å². The first kappa shape index (κ1) is 18.5. The Morgan fingerprint density at radius 1 is 1.12 bits per heavy atom. The first-order valence-corrected chi connectivity index (χ1v) is 9.76. The summed E-state index contributed by atoms with van der Waals surface area (Å²) < 4.78 is 5.12. The van der Waals surface area contributed by atoms with Crippen molar-refractivity contribution in [1.29, 1.82) is 0 Å². The Morgan fingerprint density at radius 3 is 2.68 bits per heavy atom. The van der Waals surface area contributed by atoms with Crippen LogP contribution < -0.4 is 5.32 Å². The number of nitrogens with one attached hydrogen (secondary N) is 1. The van der Waals surface area contributed by atoms with Gasteiger partial charge in [0.25, 0.3) is 0 Å². The highest BCUT2D eigenvalue weighted by Crippen LogP contribution is 2.20. The number of hydrogen-bond acceptors (Lipinski definition) is 4. The summed E-state index contributed by atoms with van der Waals surface area (Å²) in [6, 6.07) is 0.113. The summed E-state index contributed by atoms with van der Waals surface area (Å²) in [5, 5.41) is 3.20. The lowest BCUT2D eigenvalue weighted by atomic mass is 9.96. The van der Waals surface area contributed by atoms with Crippen molar-refractivity contribution >= 4 is 11.9 Å². The van der Waals surface area contributed by atoms with E-state index in [-0.39, 0.29) is 18.0 Å². The maximum Gasteiger partial charge on any atom is 0.317 e. The fourth-order valence-electron chi connectivity index (χ4n) is 4.23. The third kappa shape index (κ3) is 4.64. The Morgan fingerprint density at radius 2 is 1.92 bits per heavy atom. The average molecular weight is 352 g/mol. The van der Waals surface area contributed by atoms with Crippen LogP contribution in [0.4, 0.5) is 4.79 Å². The molecule has 1 aliphatic carbocycles. The predicted molar refractivity (Wildman–Crippen MR) is 95.4 cm³/mol. The molecule has 2 saturated heterocycles. The number of methoxy groups -OCH3 is 1. The monoisotopic (exact) mass is 352 g/mol. The summed E-state index contributed by atoms with van der Waals surface area (Å²) in [5.41, 5.74) is 0. The van der Waals surface area contributed by atoms with Crippen molar-refractivity contribution in [3.63, 3.8) is 0 Å². The number of piperazine rings is 1. The summed E-state index contributed by atoms with van der Waals surface area (Å²) in [4.78, 5) is 31.5. The van der Waals surface area contributed by atoms with Crippen LogP contribution in [0.1, 0.15) is 38.5 Å². The molecule has 0 bridgehead atoms. The zero-order chi connectivity index (χ0) is 17.6. The Kier molecular flexibility index (Phi) is 6.53. The van der Waals surface area contributed by atoms with Gasteiger partial charge in [0.2, 0.25) is 5.91 Å². The third-order valence-corrected chi connectivity index (χ3v) is 5.75. The minimum atomic E-state index is -0.204. The first-order valence-electron chi connectivity index (χ1n) is 9.76. The second kappa shape index (κ2) is 8.85. The molecule has 0 aromatic heterocycles. The molecular weight excluding hydrogens is 320 g/mol. The lowest BCUT2D eigenvalue weighted by Gasteiger charge is -2.40. The molecule has 3 fully saturated rings. The standard InChI is InChI=1S/C18H32N4O3/c1-25-13-12-21-11-10-20-8-5-9-22(14-16(20)17(21)23)18(24)19-15-6-3-2-4-7-15/h15-16H,2-14H2,1H3,(H,19,24). The molecule has 3 amide bonds. The van der Waals surface area contributed by atoms with Crippen LogP contribution in [0.25, 0.3) is 0 Å². The molecule has 2 aliphatic heterocycles. The van der Waals surface area contributed by atoms with E-state index < -0.39 is 0 Å². The molecule has 1 unspecified atom stereocenters. The highest BCUT2D eigenvalue weighted by Gasteiger charge is 2.38. The van der Waals surface area contributed by atoms with Crippen LogP contribution in [-0.4, -0.2) is 91.7 Å². The Balaban J connectivity index is 1.59. The molecule has 142 valence electrons. The van der Waals surface area contributed by atoms with Gasteiger partial charge in [0.1, 0.15) is 6.04 Å². The molecule has 0 spiro atoms. The van der Waals surface area contributed by atoms with Crippen LogP contribution in [0.3, 0.4) is 0 Å². The molecule has 1 atom stereocenters. The zero-order valence-corrected chi connectivity index (χ0v) is 15.4. The van der Waals surface area contributed by atoms with Gasteiger partial charge in [-0.25, -0.2) is 4.79 Å². The molecule has 0 aromatic rings. The summed E-state index contributed by atoms with van der Waals surface area (Å²) in [5.74, 6) is 0.140. The Hall–Kier alpha value is -1.34. The van der Waals surface area contributed by atoms with Crippen molar-refractivity contribution in [1.82, 2.24) is 20.0 Å². The number of amides is 3. The maximum atomic E-state index is 12.8. The van der Waals surface area contributed by atoms with Crippen molar-refractivity contribution < 1.29 is 14.3 Å². The van der Waals surface area contributed by atoms with Crippen LogP contribution in [0.2, 0.25) is 0 Å². The molecule has 7 nitrogen and oxygen atoms in total. The Labute approximate surface area is 150 Å². The first-order chi connectivity index (χ1) is 12.2. The average Bonchev–Trinajstić information content (AvgIpc) is 2.85. The largest absolute Gasteiger partial charge is 0.383 e. The zero-order valence-electron chi connectivity index (χ0n) is 15.4. The fraction of sp³-hybridized carbons (Fsp3) is 0.889. The van der Waals surface area contributed by atoms with E-state index in [0.29, 0.717) is 25.7 Å². The summed E-state index contributed by atoms with van der Waals surface area (Å²) in [6.45, 7) is 4.96. The predicted octanol–water partition coefficient (Wildman–Crippen LogP) is 0.894. The van der Waals surface area contributed by atoms with Crippen LogP contribution in [-0.2, 0) is 9.53 Å². The van der Waals surface area contributed by atoms with E-state index in [1.165, 1.54) is 19.3 Å². The molecule has 2 heterocycles. The molecule has 1 saturated carbocycles. The van der Waals surface area contributed by atoms with E-state index in [2.05, 4.69) is 10.2 Å². The van der Waals surface area contributed by atoms with Gasteiger partial charge in [-0.05, 0) is 19.3 Å². The van der Waals surface area contributed by atoms with E-state index >= 15 is 0 Å². The maximum absolute atomic E-state index is 12.8.